The quantitative estimate of drug-likeness (QED) is 0.710. The molecular formula is C10H8NO. The molecule has 2 nitrogen and oxygen atoms in total. The molecule has 1 heterocycles. The molecule has 1 N–H and O–H groups in total. The number of nitrogens with one attached hydrogen (secondary N) is 1. The summed E-state index contributed by atoms with van der Waals surface area (Å²) in [6, 6.07) is 7.92. The predicted molar refractivity (Wildman–Crippen MR) is 47.7 cm³/mol. The van der Waals surface area contributed by atoms with Crippen molar-refractivity contribution in [2.75, 3.05) is 0 Å². The van der Waals surface area contributed by atoms with E-state index in [-0.39, 0.29) is 0 Å². The fourth-order valence-corrected chi connectivity index (χ4v) is 1.36. The molecule has 59 valence electrons. The Morgan fingerprint density at radius 3 is 3.00 bits per heavy atom. The second-order valence-electron chi connectivity index (χ2n) is 2.68. The summed E-state index contributed by atoms with van der Waals surface area (Å²) in [5.41, 5.74) is 2.09. The lowest BCUT2D eigenvalue weighted by Crippen LogP contribution is -1.81. The Labute approximate surface area is 70.2 Å². The van der Waals surface area contributed by atoms with E-state index in [4.69, 9.17) is 0 Å². The molecule has 12 heavy (non-hydrogen) atoms. The molecule has 0 fully saturated rings. The van der Waals surface area contributed by atoms with E-state index in [0.29, 0.717) is 6.42 Å². The van der Waals surface area contributed by atoms with Crippen molar-refractivity contribution < 1.29 is 4.79 Å². The standard InChI is InChI=1S/C10H8NO/c12-6-5-8-7-11-10-4-2-1-3-9(8)10/h1-4,7,11H,5H2. The summed E-state index contributed by atoms with van der Waals surface area (Å²) in [7, 11) is 0. The maximum Gasteiger partial charge on any atom is 0.203 e. The highest BCUT2D eigenvalue weighted by molar-refractivity contribution is 5.85. The van der Waals surface area contributed by atoms with Crippen molar-refractivity contribution in [2.45, 2.75) is 6.42 Å². The number of carbonyl (C=O) groups excluding carboxylic acids is 1. The van der Waals surface area contributed by atoms with Crippen LogP contribution in [-0.4, -0.2) is 11.3 Å². The first-order valence-electron chi connectivity index (χ1n) is 3.82. The molecule has 0 aliphatic rings. The Morgan fingerprint density at radius 2 is 2.17 bits per heavy atom. The Hall–Kier alpha value is -1.57. The Kier molecular flexibility index (Phi) is 1.67. The van der Waals surface area contributed by atoms with Gasteiger partial charge < -0.3 is 4.98 Å². The zero-order valence-electron chi connectivity index (χ0n) is 6.50. The van der Waals surface area contributed by atoms with E-state index in [0.717, 1.165) is 16.5 Å². The number of fused-ring (bicyclic) bond motifs is 1. The van der Waals surface area contributed by atoms with Crippen molar-refractivity contribution in [1.29, 1.82) is 0 Å². The van der Waals surface area contributed by atoms with Gasteiger partial charge in [-0.15, -0.1) is 0 Å². The molecule has 0 saturated heterocycles. The minimum atomic E-state index is 0.365. The molecule has 0 amide bonds. The van der Waals surface area contributed by atoms with Crippen molar-refractivity contribution in [3.05, 3.63) is 36.0 Å². The summed E-state index contributed by atoms with van der Waals surface area (Å²) in [5, 5.41) is 1.11. The molecule has 0 bridgehead atoms. The minimum absolute atomic E-state index is 0.365. The molecule has 0 atom stereocenters. The molecular weight excluding hydrogens is 150 g/mol. The summed E-state index contributed by atoms with van der Waals surface area (Å²) in [5.74, 6) is 0. The van der Waals surface area contributed by atoms with Crippen molar-refractivity contribution in [3.63, 3.8) is 0 Å². The van der Waals surface area contributed by atoms with Gasteiger partial charge in [-0.3, -0.25) is 4.79 Å². The predicted octanol–water partition coefficient (Wildman–Crippen LogP) is 1.82. The van der Waals surface area contributed by atoms with Crippen LogP contribution in [0.3, 0.4) is 0 Å². The van der Waals surface area contributed by atoms with Gasteiger partial charge in [0.2, 0.25) is 6.29 Å². The van der Waals surface area contributed by atoms with Gasteiger partial charge in [0.15, 0.2) is 0 Å². The number of rotatable bonds is 2. The third-order valence-electron chi connectivity index (χ3n) is 1.94. The van der Waals surface area contributed by atoms with E-state index in [1.807, 2.05) is 36.7 Å². The highest BCUT2D eigenvalue weighted by atomic mass is 16.1. The zero-order valence-corrected chi connectivity index (χ0v) is 6.50. The number of hydrogen-bond donors (Lipinski definition) is 1. The van der Waals surface area contributed by atoms with Crippen LogP contribution in [0, 0.1) is 0 Å². The first-order valence-corrected chi connectivity index (χ1v) is 3.82. The molecule has 0 unspecified atom stereocenters. The van der Waals surface area contributed by atoms with Crippen molar-refractivity contribution in [1.82, 2.24) is 4.98 Å². The number of hydrogen-bond acceptors (Lipinski definition) is 1. The van der Waals surface area contributed by atoms with E-state index in [9.17, 15) is 4.79 Å². The summed E-state index contributed by atoms with van der Waals surface area (Å²) >= 11 is 0. The molecule has 1 aromatic heterocycles. The fourth-order valence-electron chi connectivity index (χ4n) is 1.36. The molecule has 2 heteroatoms. The third kappa shape index (κ3) is 1.01. The van der Waals surface area contributed by atoms with E-state index in [2.05, 4.69) is 4.98 Å². The second kappa shape index (κ2) is 2.81. The average molecular weight is 158 g/mol. The topological polar surface area (TPSA) is 32.9 Å². The Bertz CT molecular complexity index is 403. The first kappa shape index (κ1) is 7.10. The number of H-pyrrole nitrogens is 1. The normalized spacial score (nSPS) is 10.3. The first-order chi connectivity index (χ1) is 5.92. The fraction of sp³-hybridized carbons (Fsp3) is 0.100. The molecule has 2 rings (SSSR count). The monoisotopic (exact) mass is 158 g/mol. The van der Waals surface area contributed by atoms with Crippen LogP contribution < -0.4 is 0 Å². The van der Waals surface area contributed by atoms with E-state index in [1.165, 1.54) is 0 Å². The molecule has 0 spiro atoms. The van der Waals surface area contributed by atoms with E-state index < -0.39 is 0 Å². The van der Waals surface area contributed by atoms with Gasteiger partial charge in [0, 0.05) is 23.5 Å². The van der Waals surface area contributed by atoms with Crippen LogP contribution in [0.15, 0.2) is 30.5 Å². The van der Waals surface area contributed by atoms with Gasteiger partial charge in [0.25, 0.3) is 0 Å². The number of para-hydroxylation sites is 1. The highest BCUT2D eigenvalue weighted by Gasteiger charge is 2.00. The maximum absolute atomic E-state index is 10.2. The number of benzene rings is 1. The maximum atomic E-state index is 10.2. The van der Waals surface area contributed by atoms with Crippen LogP contribution in [0.5, 0.6) is 0 Å². The van der Waals surface area contributed by atoms with Gasteiger partial charge in [0.1, 0.15) is 0 Å². The van der Waals surface area contributed by atoms with Crippen LogP contribution in [0.2, 0.25) is 0 Å². The lowest BCUT2D eigenvalue weighted by atomic mass is 10.1. The van der Waals surface area contributed by atoms with E-state index >= 15 is 0 Å². The molecule has 1 radical (unpaired) electrons. The number of aromatic nitrogens is 1. The van der Waals surface area contributed by atoms with Crippen LogP contribution in [-0.2, 0) is 11.2 Å². The van der Waals surface area contributed by atoms with Gasteiger partial charge in [0.05, 0.1) is 0 Å². The van der Waals surface area contributed by atoms with Gasteiger partial charge in [-0.1, -0.05) is 18.2 Å². The van der Waals surface area contributed by atoms with Gasteiger partial charge in [-0.05, 0) is 11.6 Å². The SMILES string of the molecule is O=[C]Cc1c[nH]c2ccccc12. The molecule has 0 aliphatic carbocycles. The smallest absolute Gasteiger partial charge is 0.203 e. The van der Waals surface area contributed by atoms with Crippen LogP contribution in [0.1, 0.15) is 5.56 Å². The Morgan fingerprint density at radius 1 is 1.33 bits per heavy atom. The van der Waals surface area contributed by atoms with Crippen LogP contribution >= 0.6 is 0 Å². The largest absolute Gasteiger partial charge is 0.361 e. The second-order valence-corrected chi connectivity index (χ2v) is 2.68. The van der Waals surface area contributed by atoms with Crippen molar-refractivity contribution >= 4 is 17.2 Å². The summed E-state index contributed by atoms with van der Waals surface area (Å²) in [6.45, 7) is 0. The van der Waals surface area contributed by atoms with E-state index in [1.54, 1.807) is 0 Å². The molecule has 1 aromatic carbocycles. The lowest BCUT2D eigenvalue weighted by Gasteiger charge is -1.89. The van der Waals surface area contributed by atoms with Crippen molar-refractivity contribution in [3.8, 4) is 0 Å². The Balaban J connectivity index is 2.62. The summed E-state index contributed by atoms with van der Waals surface area (Å²) in [6.07, 6.45) is 4.11. The highest BCUT2D eigenvalue weighted by Crippen LogP contribution is 2.16. The van der Waals surface area contributed by atoms with Gasteiger partial charge >= 0.3 is 0 Å². The van der Waals surface area contributed by atoms with Gasteiger partial charge in [-0.2, -0.15) is 0 Å². The number of aromatic amines is 1. The van der Waals surface area contributed by atoms with Gasteiger partial charge in [-0.25, -0.2) is 0 Å². The molecule has 0 aliphatic heterocycles. The van der Waals surface area contributed by atoms with Crippen LogP contribution in [0.25, 0.3) is 10.9 Å². The lowest BCUT2D eigenvalue weighted by molar-refractivity contribution is 0.555. The van der Waals surface area contributed by atoms with Crippen molar-refractivity contribution in [2.24, 2.45) is 0 Å². The van der Waals surface area contributed by atoms with Crippen LogP contribution in [0.4, 0.5) is 0 Å². The summed E-state index contributed by atoms with van der Waals surface area (Å²) in [4.78, 5) is 13.3. The molecule has 0 saturated carbocycles. The molecule has 2 aromatic rings. The average Bonchev–Trinajstić information content (AvgIpc) is 2.50. The summed E-state index contributed by atoms with van der Waals surface area (Å²) < 4.78 is 0. The zero-order chi connectivity index (χ0) is 8.39. The minimum Gasteiger partial charge on any atom is -0.361 e. The third-order valence-corrected chi connectivity index (χ3v) is 1.94.